The van der Waals surface area contributed by atoms with Gasteiger partial charge in [-0.3, -0.25) is 4.79 Å². The molecule has 1 aromatic carbocycles. The van der Waals surface area contributed by atoms with E-state index in [0.29, 0.717) is 5.56 Å². The Bertz CT molecular complexity index is 435. The van der Waals surface area contributed by atoms with Gasteiger partial charge >= 0.3 is 0 Å². The number of aldehydes is 1. The first-order chi connectivity index (χ1) is 6.90. The summed E-state index contributed by atoms with van der Waals surface area (Å²) in [6, 6.07) is 5.53. The summed E-state index contributed by atoms with van der Waals surface area (Å²) in [6.45, 7) is 6.58. The number of carbonyl (C=O) groups excluding carboxylic acids is 1. The molecule has 1 aromatic rings. The lowest BCUT2D eigenvalue weighted by molar-refractivity contribution is 0.112. The summed E-state index contributed by atoms with van der Waals surface area (Å²) in [5.74, 6) is 3.12. The van der Waals surface area contributed by atoms with Crippen LogP contribution in [0, 0.1) is 11.5 Å². The lowest BCUT2D eigenvalue weighted by Gasteiger charge is -2.03. The van der Waals surface area contributed by atoms with Crippen molar-refractivity contribution in [2.24, 2.45) is 0 Å². The molecule has 0 saturated heterocycles. The Balaban J connectivity index is 3.09. The average Bonchev–Trinajstić information content (AvgIpc) is 2.13. The van der Waals surface area contributed by atoms with E-state index in [9.17, 15) is 4.79 Å². The Morgan fingerprint density at radius 1 is 1.27 bits per heavy atom. The lowest BCUT2D eigenvalue weighted by Crippen LogP contribution is -2.16. The van der Waals surface area contributed by atoms with E-state index in [4.69, 9.17) is 0 Å². The average molecular weight is 281 g/mol. The maximum Gasteiger partial charge on any atom is 0.150 e. The summed E-state index contributed by atoms with van der Waals surface area (Å²) in [4.78, 5) is 10.7. The molecule has 15 heavy (non-hydrogen) atoms. The zero-order valence-electron chi connectivity index (χ0n) is 9.10. The number of benzene rings is 1. The summed E-state index contributed by atoms with van der Waals surface area (Å²) in [6.07, 6.45) is 0.838. The molecule has 0 aliphatic rings. The van der Waals surface area contributed by atoms with E-state index in [1.165, 1.54) is 0 Å². The van der Waals surface area contributed by atoms with Crippen LogP contribution >= 0.6 is 15.9 Å². The Kier molecular flexibility index (Phi) is 3.89. The Labute approximate surface area is 100 Å². The molecule has 0 bridgehead atoms. The molecule has 3 heteroatoms. The molecule has 0 heterocycles. The van der Waals surface area contributed by atoms with Gasteiger partial charge in [-0.2, -0.15) is 0 Å². The first-order valence-corrected chi connectivity index (χ1v) is 8.99. The van der Waals surface area contributed by atoms with Gasteiger partial charge in [0.15, 0.2) is 0 Å². The number of halogens is 1. The zero-order valence-corrected chi connectivity index (χ0v) is 11.7. The smallest absolute Gasteiger partial charge is 0.150 e. The second-order valence-electron chi connectivity index (χ2n) is 4.39. The molecule has 0 aromatic heterocycles. The van der Waals surface area contributed by atoms with Crippen molar-refractivity contribution < 1.29 is 4.79 Å². The van der Waals surface area contributed by atoms with Crippen LogP contribution in [0.4, 0.5) is 0 Å². The maximum absolute atomic E-state index is 10.7. The highest BCUT2D eigenvalue weighted by atomic mass is 79.9. The summed E-state index contributed by atoms with van der Waals surface area (Å²) >= 11 is 3.36. The van der Waals surface area contributed by atoms with Gasteiger partial charge in [-0.15, -0.1) is 5.54 Å². The van der Waals surface area contributed by atoms with Crippen LogP contribution in [-0.2, 0) is 0 Å². The lowest BCUT2D eigenvalue weighted by atomic mass is 10.1. The molecule has 0 N–H and O–H groups in total. The van der Waals surface area contributed by atoms with Crippen molar-refractivity contribution in [2.45, 2.75) is 19.6 Å². The summed E-state index contributed by atoms with van der Waals surface area (Å²) in [5, 5.41) is 0. The molecular weight excluding hydrogens is 268 g/mol. The number of carbonyl (C=O) groups is 1. The predicted molar refractivity (Wildman–Crippen MR) is 69.8 cm³/mol. The molecule has 78 valence electrons. The molecule has 0 fully saturated rings. The minimum atomic E-state index is -1.35. The van der Waals surface area contributed by atoms with Crippen LogP contribution in [0.15, 0.2) is 22.7 Å². The van der Waals surface area contributed by atoms with Crippen LogP contribution in [0.5, 0.6) is 0 Å². The van der Waals surface area contributed by atoms with Crippen LogP contribution in [-0.4, -0.2) is 14.4 Å². The first-order valence-electron chi connectivity index (χ1n) is 4.70. The van der Waals surface area contributed by atoms with E-state index in [2.05, 4.69) is 47.0 Å². The highest BCUT2D eigenvalue weighted by Gasteiger charge is 2.07. The highest BCUT2D eigenvalue weighted by molar-refractivity contribution is 9.10. The van der Waals surface area contributed by atoms with Gasteiger partial charge in [-0.1, -0.05) is 41.5 Å². The van der Waals surface area contributed by atoms with Crippen molar-refractivity contribution in [3.05, 3.63) is 33.8 Å². The van der Waals surface area contributed by atoms with Crippen LogP contribution in [0.25, 0.3) is 0 Å². The second-order valence-corrected chi connectivity index (χ2v) is 10.1. The molecule has 1 rings (SSSR count). The highest BCUT2D eigenvalue weighted by Crippen LogP contribution is 2.14. The fourth-order valence-corrected chi connectivity index (χ4v) is 2.04. The normalized spacial score (nSPS) is 10.4. The quantitative estimate of drug-likeness (QED) is 0.437. The minimum Gasteiger partial charge on any atom is -0.298 e. The molecule has 0 atom stereocenters. The topological polar surface area (TPSA) is 17.1 Å². The second kappa shape index (κ2) is 4.78. The molecule has 0 radical (unpaired) electrons. The number of rotatable bonds is 1. The van der Waals surface area contributed by atoms with Crippen LogP contribution < -0.4 is 0 Å². The van der Waals surface area contributed by atoms with Gasteiger partial charge in [0.1, 0.15) is 14.4 Å². The number of hydrogen-bond acceptors (Lipinski definition) is 1. The van der Waals surface area contributed by atoms with Crippen molar-refractivity contribution in [3.8, 4) is 11.5 Å². The Morgan fingerprint density at radius 2 is 1.93 bits per heavy atom. The largest absolute Gasteiger partial charge is 0.298 e. The molecule has 0 aliphatic heterocycles. The molecule has 1 nitrogen and oxygen atoms in total. The standard InChI is InChI=1S/C12H13BrOSi/c1-15(2,3)5-4-10-6-11(9-14)8-12(13)7-10/h6-9H,1-3H3. The first kappa shape index (κ1) is 12.2. The van der Waals surface area contributed by atoms with E-state index < -0.39 is 8.07 Å². The molecule has 0 aliphatic carbocycles. The van der Waals surface area contributed by atoms with E-state index in [-0.39, 0.29) is 0 Å². The Morgan fingerprint density at radius 3 is 2.47 bits per heavy atom. The van der Waals surface area contributed by atoms with Gasteiger partial charge in [0, 0.05) is 15.6 Å². The van der Waals surface area contributed by atoms with Gasteiger partial charge in [0.25, 0.3) is 0 Å². The monoisotopic (exact) mass is 280 g/mol. The Hall–Kier alpha value is -0.853. The van der Waals surface area contributed by atoms with E-state index in [1.54, 1.807) is 6.07 Å². The molecule has 0 unspecified atom stereocenters. The van der Waals surface area contributed by atoms with E-state index in [0.717, 1.165) is 16.3 Å². The molecule has 0 saturated carbocycles. The zero-order chi connectivity index (χ0) is 11.5. The van der Waals surface area contributed by atoms with E-state index >= 15 is 0 Å². The molecule has 0 amide bonds. The fraction of sp³-hybridized carbons (Fsp3) is 0.250. The van der Waals surface area contributed by atoms with Gasteiger partial charge in [0.2, 0.25) is 0 Å². The van der Waals surface area contributed by atoms with Crippen LogP contribution in [0.1, 0.15) is 15.9 Å². The van der Waals surface area contributed by atoms with E-state index in [1.807, 2.05) is 12.1 Å². The number of hydrogen-bond donors (Lipinski definition) is 0. The van der Waals surface area contributed by atoms with Crippen LogP contribution in [0.3, 0.4) is 0 Å². The van der Waals surface area contributed by atoms with Crippen molar-refractivity contribution in [1.82, 2.24) is 0 Å². The van der Waals surface area contributed by atoms with Gasteiger partial charge < -0.3 is 0 Å². The van der Waals surface area contributed by atoms with Crippen molar-refractivity contribution in [1.29, 1.82) is 0 Å². The summed E-state index contributed by atoms with van der Waals surface area (Å²) in [7, 11) is -1.35. The minimum absolute atomic E-state index is 0.657. The third-order valence-electron chi connectivity index (χ3n) is 1.64. The maximum atomic E-state index is 10.7. The van der Waals surface area contributed by atoms with Crippen LogP contribution in [0.2, 0.25) is 19.6 Å². The third-order valence-corrected chi connectivity index (χ3v) is 2.97. The summed E-state index contributed by atoms with van der Waals surface area (Å²) < 4.78 is 0.895. The SMILES string of the molecule is C[Si](C)(C)C#Cc1cc(Br)cc(C=O)c1. The van der Waals surface area contributed by atoms with Gasteiger partial charge in [-0.25, -0.2) is 0 Å². The van der Waals surface area contributed by atoms with Gasteiger partial charge in [0.05, 0.1) is 0 Å². The summed E-state index contributed by atoms with van der Waals surface area (Å²) in [5.41, 5.74) is 4.82. The predicted octanol–water partition coefficient (Wildman–Crippen LogP) is 3.49. The van der Waals surface area contributed by atoms with Crippen molar-refractivity contribution in [2.75, 3.05) is 0 Å². The molecular formula is C12H13BrOSi. The van der Waals surface area contributed by atoms with Gasteiger partial charge in [-0.05, 0) is 18.2 Å². The molecule has 0 spiro atoms. The third kappa shape index (κ3) is 4.46. The van der Waals surface area contributed by atoms with Crippen molar-refractivity contribution in [3.63, 3.8) is 0 Å². The van der Waals surface area contributed by atoms with Crippen molar-refractivity contribution >= 4 is 30.3 Å². The fourth-order valence-electron chi connectivity index (χ4n) is 1.01.